The van der Waals surface area contributed by atoms with E-state index in [1.54, 1.807) is 30.3 Å². The van der Waals surface area contributed by atoms with E-state index in [9.17, 15) is 9.59 Å². The Hall–Kier alpha value is -2.64. The quantitative estimate of drug-likeness (QED) is 0.719. The van der Waals surface area contributed by atoms with Gasteiger partial charge in [0, 0.05) is 24.3 Å². The predicted octanol–water partition coefficient (Wildman–Crippen LogP) is 1.88. The first-order chi connectivity index (χ1) is 11.5. The lowest BCUT2D eigenvalue weighted by Crippen LogP contribution is -2.20. The Morgan fingerprint density at radius 3 is 2.29 bits per heavy atom. The molecule has 1 aromatic carbocycles. The topological polar surface area (TPSA) is 101 Å². The Balaban J connectivity index is 1.89. The van der Waals surface area contributed by atoms with Crippen LogP contribution in [0.4, 0.5) is 11.4 Å². The maximum atomic E-state index is 12.1. The highest BCUT2D eigenvalue weighted by Crippen LogP contribution is 2.16. The molecule has 1 heterocycles. The zero-order valence-electron chi connectivity index (χ0n) is 13.8. The van der Waals surface area contributed by atoms with Crippen molar-refractivity contribution in [3.63, 3.8) is 0 Å². The van der Waals surface area contributed by atoms with Gasteiger partial charge in [0.05, 0.1) is 12.1 Å². The van der Waals surface area contributed by atoms with Crippen molar-refractivity contribution in [2.45, 2.75) is 13.0 Å². The third-order valence-corrected chi connectivity index (χ3v) is 3.33. The number of hydrogen-bond donors (Lipinski definition) is 3. The van der Waals surface area contributed by atoms with Gasteiger partial charge in [-0.3, -0.25) is 9.59 Å². The Kier molecular flexibility index (Phi) is 6.11. The molecule has 2 amide bonds. The summed E-state index contributed by atoms with van der Waals surface area (Å²) in [6.45, 7) is 0.935. The molecule has 0 saturated heterocycles. The Bertz CT molecular complexity index is 692. The highest BCUT2D eigenvalue weighted by molar-refractivity contribution is 6.04. The second-order valence-corrected chi connectivity index (χ2v) is 5.64. The summed E-state index contributed by atoms with van der Waals surface area (Å²) in [5.41, 5.74) is 7.17. The second-order valence-electron chi connectivity index (χ2n) is 5.64. The minimum Gasteiger partial charge on any atom is -0.467 e. The van der Waals surface area contributed by atoms with E-state index in [2.05, 4.69) is 10.6 Å². The van der Waals surface area contributed by atoms with Crippen LogP contribution < -0.4 is 16.4 Å². The van der Waals surface area contributed by atoms with Crippen LogP contribution in [0, 0.1) is 0 Å². The van der Waals surface area contributed by atoms with Crippen LogP contribution >= 0.6 is 0 Å². The standard InChI is InChI=1S/C17H22N4O3/c1-21(2)8-7-16(22)19-13-3-5-14(6-4-13)20-17(23)12-9-15(10-18)24-11-12/h3-6,9,11H,7-8,10,18H2,1-2H3,(H,19,22)(H,20,23). The molecule has 0 radical (unpaired) electrons. The molecule has 128 valence electrons. The third-order valence-electron chi connectivity index (χ3n) is 3.33. The summed E-state index contributed by atoms with van der Waals surface area (Å²) in [4.78, 5) is 25.8. The summed E-state index contributed by atoms with van der Waals surface area (Å²) in [6.07, 6.45) is 1.80. The Morgan fingerprint density at radius 2 is 1.75 bits per heavy atom. The number of amides is 2. The lowest BCUT2D eigenvalue weighted by Gasteiger charge is -2.10. The molecule has 0 aliphatic heterocycles. The number of carbonyl (C=O) groups is 2. The molecule has 24 heavy (non-hydrogen) atoms. The number of furan rings is 1. The molecule has 0 fully saturated rings. The van der Waals surface area contributed by atoms with E-state index < -0.39 is 0 Å². The first-order valence-electron chi connectivity index (χ1n) is 7.61. The molecule has 0 bridgehead atoms. The summed E-state index contributed by atoms with van der Waals surface area (Å²) in [6, 6.07) is 8.54. The number of carbonyl (C=O) groups excluding carboxylic acids is 2. The molecule has 7 heteroatoms. The van der Waals surface area contributed by atoms with Gasteiger partial charge in [0.15, 0.2) is 0 Å². The van der Waals surface area contributed by atoms with Crippen LogP contribution in [0.5, 0.6) is 0 Å². The number of nitrogens with zero attached hydrogens (tertiary/aromatic N) is 1. The van der Waals surface area contributed by atoms with Gasteiger partial charge in [0.1, 0.15) is 12.0 Å². The smallest absolute Gasteiger partial charge is 0.258 e. The van der Waals surface area contributed by atoms with Crippen molar-refractivity contribution in [2.75, 3.05) is 31.3 Å². The maximum absolute atomic E-state index is 12.1. The molecule has 0 saturated carbocycles. The van der Waals surface area contributed by atoms with Crippen molar-refractivity contribution in [1.82, 2.24) is 4.90 Å². The van der Waals surface area contributed by atoms with Crippen LogP contribution in [0.3, 0.4) is 0 Å². The normalized spacial score (nSPS) is 10.7. The van der Waals surface area contributed by atoms with E-state index in [1.165, 1.54) is 6.26 Å². The average molecular weight is 330 g/mol. The summed E-state index contributed by atoms with van der Waals surface area (Å²) in [5, 5.41) is 5.57. The molecule has 2 rings (SSSR count). The van der Waals surface area contributed by atoms with Crippen LogP contribution in [0.15, 0.2) is 41.0 Å². The second kappa shape index (κ2) is 8.28. The average Bonchev–Trinajstić information content (AvgIpc) is 3.04. The molecule has 1 aromatic heterocycles. The molecule has 0 unspecified atom stereocenters. The van der Waals surface area contributed by atoms with Gasteiger partial charge in [0.25, 0.3) is 5.91 Å². The molecule has 4 N–H and O–H groups in total. The number of anilines is 2. The van der Waals surface area contributed by atoms with E-state index in [0.29, 0.717) is 35.7 Å². The van der Waals surface area contributed by atoms with E-state index >= 15 is 0 Å². The number of nitrogens with one attached hydrogen (secondary N) is 2. The van der Waals surface area contributed by atoms with Crippen molar-refractivity contribution in [1.29, 1.82) is 0 Å². The van der Waals surface area contributed by atoms with Gasteiger partial charge in [-0.15, -0.1) is 0 Å². The number of benzene rings is 1. The maximum Gasteiger partial charge on any atom is 0.258 e. The summed E-state index contributed by atoms with van der Waals surface area (Å²) < 4.78 is 5.14. The van der Waals surface area contributed by atoms with Crippen LogP contribution in [-0.2, 0) is 11.3 Å². The number of nitrogens with two attached hydrogens (primary N) is 1. The molecule has 7 nitrogen and oxygen atoms in total. The highest BCUT2D eigenvalue weighted by atomic mass is 16.3. The molecule has 2 aromatic rings. The number of rotatable bonds is 7. The predicted molar refractivity (Wildman–Crippen MR) is 92.8 cm³/mol. The SMILES string of the molecule is CN(C)CCC(=O)Nc1ccc(NC(=O)c2coc(CN)c2)cc1. The molecule has 0 aliphatic carbocycles. The minimum atomic E-state index is -0.277. The summed E-state index contributed by atoms with van der Waals surface area (Å²) >= 11 is 0. The Morgan fingerprint density at radius 1 is 1.12 bits per heavy atom. The van der Waals surface area contributed by atoms with Crippen molar-refractivity contribution in [3.05, 3.63) is 47.9 Å². The van der Waals surface area contributed by atoms with E-state index in [4.69, 9.17) is 10.2 Å². The summed E-state index contributed by atoms with van der Waals surface area (Å²) in [7, 11) is 3.84. The van der Waals surface area contributed by atoms with Gasteiger partial charge >= 0.3 is 0 Å². The van der Waals surface area contributed by atoms with Crippen molar-refractivity contribution < 1.29 is 14.0 Å². The zero-order chi connectivity index (χ0) is 17.5. The van der Waals surface area contributed by atoms with Crippen LogP contribution in [0.25, 0.3) is 0 Å². The monoisotopic (exact) mass is 330 g/mol. The van der Waals surface area contributed by atoms with E-state index in [0.717, 1.165) is 0 Å². The van der Waals surface area contributed by atoms with Gasteiger partial charge < -0.3 is 25.7 Å². The largest absolute Gasteiger partial charge is 0.467 e. The molecule has 0 spiro atoms. The first-order valence-corrected chi connectivity index (χ1v) is 7.61. The lowest BCUT2D eigenvalue weighted by atomic mass is 10.2. The first kappa shape index (κ1) is 17.7. The van der Waals surface area contributed by atoms with Crippen molar-refractivity contribution >= 4 is 23.2 Å². The molecule has 0 aliphatic rings. The fraction of sp³-hybridized carbons (Fsp3) is 0.294. The van der Waals surface area contributed by atoms with E-state index in [1.807, 2.05) is 19.0 Å². The van der Waals surface area contributed by atoms with Gasteiger partial charge in [-0.2, -0.15) is 0 Å². The molecule has 0 atom stereocenters. The van der Waals surface area contributed by atoms with Crippen molar-refractivity contribution in [2.24, 2.45) is 5.73 Å². The fourth-order valence-electron chi connectivity index (χ4n) is 2.00. The Labute approximate surface area is 140 Å². The minimum absolute atomic E-state index is 0.0480. The van der Waals surface area contributed by atoms with Crippen LogP contribution in [0.2, 0.25) is 0 Å². The third kappa shape index (κ3) is 5.22. The van der Waals surface area contributed by atoms with Gasteiger partial charge in [-0.1, -0.05) is 0 Å². The number of hydrogen-bond acceptors (Lipinski definition) is 5. The lowest BCUT2D eigenvalue weighted by molar-refractivity contribution is -0.116. The van der Waals surface area contributed by atoms with Gasteiger partial charge in [-0.05, 0) is 44.4 Å². The molecular formula is C17H22N4O3. The molecular weight excluding hydrogens is 308 g/mol. The fourth-order valence-corrected chi connectivity index (χ4v) is 2.00. The van der Waals surface area contributed by atoms with E-state index in [-0.39, 0.29) is 18.4 Å². The van der Waals surface area contributed by atoms with Crippen molar-refractivity contribution in [3.8, 4) is 0 Å². The van der Waals surface area contributed by atoms with Gasteiger partial charge in [-0.25, -0.2) is 0 Å². The zero-order valence-corrected chi connectivity index (χ0v) is 13.8. The van der Waals surface area contributed by atoms with Crippen LogP contribution in [-0.4, -0.2) is 37.4 Å². The van der Waals surface area contributed by atoms with Crippen LogP contribution in [0.1, 0.15) is 22.5 Å². The summed E-state index contributed by atoms with van der Waals surface area (Å²) in [5.74, 6) is 0.227. The van der Waals surface area contributed by atoms with Gasteiger partial charge in [0.2, 0.25) is 5.91 Å². The highest BCUT2D eigenvalue weighted by Gasteiger charge is 2.10.